The second kappa shape index (κ2) is 5.55. The number of rotatable bonds is 4. The van der Waals surface area contributed by atoms with Gasteiger partial charge >= 0.3 is 0 Å². The molecule has 0 aliphatic heterocycles. The van der Waals surface area contributed by atoms with Crippen LogP contribution in [0, 0.1) is 12.7 Å². The zero-order valence-corrected chi connectivity index (χ0v) is 12.2. The zero-order valence-electron chi connectivity index (χ0n) is 11.4. The van der Waals surface area contributed by atoms with Crippen LogP contribution in [0.4, 0.5) is 4.39 Å². The first-order chi connectivity index (χ1) is 9.63. The van der Waals surface area contributed by atoms with E-state index in [0.29, 0.717) is 11.1 Å². The Labute approximate surface area is 123 Å². The summed E-state index contributed by atoms with van der Waals surface area (Å²) in [5.74, 6) is -0.235. The lowest BCUT2D eigenvalue weighted by Crippen LogP contribution is -2.15. The van der Waals surface area contributed by atoms with Gasteiger partial charge in [-0.25, -0.2) is 4.39 Å². The fourth-order valence-electron chi connectivity index (χ4n) is 2.32. The maximum absolute atomic E-state index is 13.4. The van der Waals surface area contributed by atoms with E-state index in [9.17, 15) is 4.39 Å². The molecular formula is C17H17ClFN. The summed E-state index contributed by atoms with van der Waals surface area (Å²) < 4.78 is 13.4. The average Bonchev–Trinajstić information content (AvgIpc) is 3.24. The molecular weight excluding hydrogens is 273 g/mol. The van der Waals surface area contributed by atoms with Crippen LogP contribution in [0.3, 0.4) is 0 Å². The molecule has 20 heavy (non-hydrogen) atoms. The van der Waals surface area contributed by atoms with Crippen LogP contribution in [-0.2, 0) is 6.54 Å². The summed E-state index contributed by atoms with van der Waals surface area (Å²) in [5.41, 5.74) is 3.94. The standard InChI is InChI=1S/C17H17ClFN/c1-11-2-4-13(19)9-16(11)15-7-3-12(8-17(15)18)10-20-14-5-6-14/h2-4,7-9,14,20H,5-6,10H2,1H3. The molecule has 1 aliphatic carbocycles. The second-order valence-corrected chi connectivity index (χ2v) is 5.84. The number of benzene rings is 2. The highest BCUT2D eigenvalue weighted by Gasteiger charge is 2.20. The Kier molecular flexibility index (Phi) is 3.77. The molecule has 0 amide bonds. The molecule has 3 rings (SSSR count). The predicted molar refractivity (Wildman–Crippen MR) is 81.4 cm³/mol. The Hall–Kier alpha value is -1.38. The normalized spacial score (nSPS) is 14.6. The summed E-state index contributed by atoms with van der Waals surface area (Å²) in [7, 11) is 0. The van der Waals surface area contributed by atoms with Gasteiger partial charge < -0.3 is 5.32 Å². The molecule has 2 aromatic carbocycles. The molecule has 2 aromatic rings. The van der Waals surface area contributed by atoms with E-state index in [1.165, 1.54) is 24.5 Å². The van der Waals surface area contributed by atoms with Crippen molar-refractivity contribution < 1.29 is 4.39 Å². The van der Waals surface area contributed by atoms with Gasteiger partial charge in [0.1, 0.15) is 5.82 Å². The third-order valence-electron chi connectivity index (χ3n) is 3.70. The maximum Gasteiger partial charge on any atom is 0.123 e. The van der Waals surface area contributed by atoms with Gasteiger partial charge in [0.05, 0.1) is 0 Å². The van der Waals surface area contributed by atoms with Gasteiger partial charge in [-0.15, -0.1) is 0 Å². The lowest BCUT2D eigenvalue weighted by molar-refractivity contribution is 0.628. The molecule has 1 saturated carbocycles. The SMILES string of the molecule is Cc1ccc(F)cc1-c1ccc(CNC2CC2)cc1Cl. The highest BCUT2D eigenvalue weighted by Crippen LogP contribution is 2.31. The Morgan fingerprint density at radius 1 is 1.15 bits per heavy atom. The van der Waals surface area contributed by atoms with E-state index >= 15 is 0 Å². The zero-order chi connectivity index (χ0) is 14.1. The summed E-state index contributed by atoms with van der Waals surface area (Å²) in [6.07, 6.45) is 2.54. The number of hydrogen-bond donors (Lipinski definition) is 1. The van der Waals surface area contributed by atoms with Crippen LogP contribution in [0.5, 0.6) is 0 Å². The maximum atomic E-state index is 13.4. The third-order valence-corrected chi connectivity index (χ3v) is 4.01. The second-order valence-electron chi connectivity index (χ2n) is 5.43. The molecule has 104 valence electrons. The summed E-state index contributed by atoms with van der Waals surface area (Å²) in [4.78, 5) is 0. The molecule has 0 bridgehead atoms. The minimum atomic E-state index is -0.235. The van der Waals surface area contributed by atoms with Crippen LogP contribution in [0.2, 0.25) is 5.02 Å². The van der Waals surface area contributed by atoms with E-state index in [4.69, 9.17) is 11.6 Å². The molecule has 0 unspecified atom stereocenters. The van der Waals surface area contributed by atoms with Crippen LogP contribution in [0.1, 0.15) is 24.0 Å². The summed E-state index contributed by atoms with van der Waals surface area (Å²) in [6, 6.07) is 11.5. The number of nitrogens with one attached hydrogen (secondary N) is 1. The van der Waals surface area contributed by atoms with Gasteiger partial charge in [-0.3, -0.25) is 0 Å². The molecule has 3 heteroatoms. The van der Waals surface area contributed by atoms with Crippen molar-refractivity contribution in [3.05, 3.63) is 58.4 Å². The molecule has 0 atom stereocenters. The number of halogens is 2. The van der Waals surface area contributed by atoms with Gasteiger partial charge in [0.25, 0.3) is 0 Å². The lowest BCUT2D eigenvalue weighted by atomic mass is 9.99. The average molecular weight is 290 g/mol. The quantitative estimate of drug-likeness (QED) is 0.860. The van der Waals surface area contributed by atoms with Crippen LogP contribution in [0.15, 0.2) is 36.4 Å². The Morgan fingerprint density at radius 3 is 2.65 bits per heavy atom. The first-order valence-electron chi connectivity index (χ1n) is 6.92. The molecule has 0 heterocycles. The van der Waals surface area contributed by atoms with Crippen molar-refractivity contribution in [2.24, 2.45) is 0 Å². The monoisotopic (exact) mass is 289 g/mol. The van der Waals surface area contributed by atoms with E-state index in [1.54, 1.807) is 12.1 Å². The molecule has 0 radical (unpaired) electrons. The molecule has 1 aliphatic rings. The summed E-state index contributed by atoms with van der Waals surface area (Å²) in [5, 5.41) is 4.14. The fourth-order valence-corrected chi connectivity index (χ4v) is 2.63. The number of aryl methyl sites for hydroxylation is 1. The van der Waals surface area contributed by atoms with Crippen molar-refractivity contribution in [2.75, 3.05) is 0 Å². The van der Waals surface area contributed by atoms with Crippen molar-refractivity contribution in [3.63, 3.8) is 0 Å². The minimum absolute atomic E-state index is 0.235. The van der Waals surface area contributed by atoms with E-state index in [2.05, 4.69) is 11.4 Å². The first-order valence-corrected chi connectivity index (χ1v) is 7.29. The van der Waals surface area contributed by atoms with E-state index < -0.39 is 0 Å². The van der Waals surface area contributed by atoms with Crippen molar-refractivity contribution in [1.82, 2.24) is 5.32 Å². The first kappa shape index (κ1) is 13.6. The third kappa shape index (κ3) is 3.02. The molecule has 1 fully saturated rings. The van der Waals surface area contributed by atoms with Crippen molar-refractivity contribution in [1.29, 1.82) is 0 Å². The molecule has 0 aromatic heterocycles. The summed E-state index contributed by atoms with van der Waals surface area (Å²) in [6.45, 7) is 2.81. The highest BCUT2D eigenvalue weighted by molar-refractivity contribution is 6.33. The Morgan fingerprint density at radius 2 is 1.95 bits per heavy atom. The predicted octanol–water partition coefficient (Wildman–Crippen LogP) is 4.71. The van der Waals surface area contributed by atoms with Gasteiger partial charge in [0.15, 0.2) is 0 Å². The largest absolute Gasteiger partial charge is 0.310 e. The van der Waals surface area contributed by atoms with E-state index in [1.807, 2.05) is 19.1 Å². The van der Waals surface area contributed by atoms with E-state index in [0.717, 1.165) is 23.2 Å². The highest BCUT2D eigenvalue weighted by atomic mass is 35.5. The minimum Gasteiger partial charge on any atom is -0.310 e. The van der Waals surface area contributed by atoms with Gasteiger partial charge in [0.2, 0.25) is 0 Å². The summed E-state index contributed by atoms with van der Waals surface area (Å²) >= 11 is 6.37. The molecule has 1 nitrogen and oxygen atoms in total. The van der Waals surface area contributed by atoms with Gasteiger partial charge in [-0.2, -0.15) is 0 Å². The van der Waals surface area contributed by atoms with Gasteiger partial charge in [-0.1, -0.05) is 29.8 Å². The lowest BCUT2D eigenvalue weighted by Gasteiger charge is -2.11. The van der Waals surface area contributed by atoms with Crippen molar-refractivity contribution in [3.8, 4) is 11.1 Å². The smallest absolute Gasteiger partial charge is 0.123 e. The van der Waals surface area contributed by atoms with Crippen molar-refractivity contribution in [2.45, 2.75) is 32.4 Å². The fraction of sp³-hybridized carbons (Fsp3) is 0.294. The van der Waals surface area contributed by atoms with Crippen molar-refractivity contribution >= 4 is 11.6 Å². The Bertz CT molecular complexity index is 635. The van der Waals surface area contributed by atoms with Crippen LogP contribution in [0.25, 0.3) is 11.1 Å². The van der Waals surface area contributed by atoms with Gasteiger partial charge in [-0.05, 0) is 54.7 Å². The van der Waals surface area contributed by atoms with Gasteiger partial charge in [0, 0.05) is 23.2 Å². The molecule has 0 saturated heterocycles. The molecule has 1 N–H and O–H groups in total. The van der Waals surface area contributed by atoms with E-state index in [-0.39, 0.29) is 5.82 Å². The Balaban J connectivity index is 1.87. The van der Waals surface area contributed by atoms with Crippen LogP contribution < -0.4 is 5.32 Å². The number of hydrogen-bond acceptors (Lipinski definition) is 1. The topological polar surface area (TPSA) is 12.0 Å². The molecule has 0 spiro atoms. The van der Waals surface area contributed by atoms with Crippen LogP contribution >= 0.6 is 11.6 Å². The van der Waals surface area contributed by atoms with Crippen LogP contribution in [-0.4, -0.2) is 6.04 Å².